The first-order valence-corrected chi connectivity index (χ1v) is 8.29. The molecule has 0 saturated carbocycles. The van der Waals surface area contributed by atoms with E-state index in [1.807, 2.05) is 4.90 Å². The van der Waals surface area contributed by atoms with Crippen molar-refractivity contribution in [3.63, 3.8) is 0 Å². The van der Waals surface area contributed by atoms with Crippen LogP contribution < -0.4 is 5.56 Å². The Morgan fingerprint density at radius 1 is 1.16 bits per heavy atom. The van der Waals surface area contributed by atoms with Crippen molar-refractivity contribution < 1.29 is 4.79 Å². The lowest BCUT2D eigenvalue weighted by molar-refractivity contribution is -0.133. The second-order valence-corrected chi connectivity index (χ2v) is 6.15. The number of nitrogens with zero attached hydrogens (tertiary/aromatic N) is 6. The Morgan fingerprint density at radius 2 is 2.00 bits per heavy atom. The fraction of sp³-hybridized carbons (Fsp3) is 0.353. The molecule has 1 saturated heterocycles. The highest BCUT2D eigenvalue weighted by Gasteiger charge is 2.25. The van der Waals surface area contributed by atoms with Gasteiger partial charge in [-0.2, -0.15) is 5.10 Å². The number of hydrogen-bond donors (Lipinski definition) is 0. The summed E-state index contributed by atoms with van der Waals surface area (Å²) in [5.74, 6) is 0.0512. The number of aromatic nitrogens is 5. The first-order valence-electron chi connectivity index (χ1n) is 8.29. The first-order chi connectivity index (χ1) is 12.2. The number of rotatable bonds is 3. The lowest BCUT2D eigenvalue weighted by Gasteiger charge is -2.32. The average Bonchev–Trinajstić information content (AvgIpc) is 3.15. The Morgan fingerprint density at radius 3 is 2.76 bits per heavy atom. The zero-order valence-corrected chi connectivity index (χ0v) is 13.7. The van der Waals surface area contributed by atoms with Crippen LogP contribution in [-0.4, -0.2) is 48.2 Å². The zero-order chi connectivity index (χ0) is 17.2. The van der Waals surface area contributed by atoms with Gasteiger partial charge in [0.1, 0.15) is 12.9 Å². The molecule has 3 aromatic heterocycles. The molecule has 0 radical (unpaired) electrons. The van der Waals surface area contributed by atoms with E-state index in [-0.39, 0.29) is 24.1 Å². The molecule has 1 amide bonds. The summed E-state index contributed by atoms with van der Waals surface area (Å²) in [6, 6.07) is 5.34. The quantitative estimate of drug-likeness (QED) is 0.707. The second kappa shape index (κ2) is 6.46. The van der Waals surface area contributed by atoms with E-state index in [1.54, 1.807) is 52.4 Å². The molecule has 0 N–H and O–H groups in total. The number of pyridine rings is 1. The molecule has 8 nitrogen and oxygen atoms in total. The average molecular weight is 338 g/mol. The van der Waals surface area contributed by atoms with Crippen molar-refractivity contribution in [3.05, 3.63) is 53.5 Å². The van der Waals surface area contributed by atoms with E-state index in [0.717, 1.165) is 12.8 Å². The minimum absolute atomic E-state index is 0.0512. The molecule has 0 aromatic carbocycles. The van der Waals surface area contributed by atoms with Gasteiger partial charge in [0, 0.05) is 37.7 Å². The molecule has 0 unspecified atom stereocenters. The van der Waals surface area contributed by atoms with E-state index in [2.05, 4.69) is 15.1 Å². The van der Waals surface area contributed by atoms with E-state index in [4.69, 9.17) is 0 Å². The Labute approximate surface area is 143 Å². The van der Waals surface area contributed by atoms with Gasteiger partial charge in [-0.25, -0.2) is 9.97 Å². The fourth-order valence-electron chi connectivity index (χ4n) is 3.26. The molecule has 0 bridgehead atoms. The normalized spacial score (nSPS) is 15.6. The minimum Gasteiger partial charge on any atom is -0.341 e. The van der Waals surface area contributed by atoms with Gasteiger partial charge in [0.15, 0.2) is 5.65 Å². The third-order valence-electron chi connectivity index (χ3n) is 4.62. The van der Waals surface area contributed by atoms with Crippen molar-refractivity contribution in [3.8, 4) is 0 Å². The van der Waals surface area contributed by atoms with Gasteiger partial charge in [-0.15, -0.1) is 0 Å². The number of fused-ring (bicyclic) bond motifs is 1. The standard InChI is InChI=1S/C17H18N6O2/c24-15(11-22-8-2-7-20-22)21-9-4-13(5-10-21)23-12-19-16-14(17(23)25)3-1-6-18-16/h1-3,6-8,12-13H,4-5,9-11H2. The first kappa shape index (κ1) is 15.5. The van der Waals surface area contributed by atoms with Crippen LogP contribution in [0.25, 0.3) is 11.0 Å². The van der Waals surface area contributed by atoms with Crippen LogP contribution >= 0.6 is 0 Å². The van der Waals surface area contributed by atoms with Crippen LogP contribution in [0.1, 0.15) is 18.9 Å². The maximum absolute atomic E-state index is 12.6. The maximum atomic E-state index is 12.6. The lowest BCUT2D eigenvalue weighted by Crippen LogP contribution is -2.42. The molecule has 1 aliphatic heterocycles. The largest absolute Gasteiger partial charge is 0.341 e. The fourth-order valence-corrected chi connectivity index (χ4v) is 3.26. The van der Waals surface area contributed by atoms with Crippen LogP contribution in [0.3, 0.4) is 0 Å². The third-order valence-corrected chi connectivity index (χ3v) is 4.62. The molecule has 128 valence electrons. The summed E-state index contributed by atoms with van der Waals surface area (Å²) in [5, 5.41) is 4.59. The number of amides is 1. The molecule has 1 aliphatic rings. The van der Waals surface area contributed by atoms with Crippen LogP contribution in [0.5, 0.6) is 0 Å². The summed E-state index contributed by atoms with van der Waals surface area (Å²) >= 11 is 0. The van der Waals surface area contributed by atoms with Crippen molar-refractivity contribution in [2.24, 2.45) is 0 Å². The molecule has 0 atom stereocenters. The van der Waals surface area contributed by atoms with Crippen LogP contribution in [0.15, 0.2) is 47.9 Å². The molecule has 25 heavy (non-hydrogen) atoms. The summed E-state index contributed by atoms with van der Waals surface area (Å²) in [5.41, 5.74) is 0.398. The highest BCUT2D eigenvalue weighted by atomic mass is 16.2. The summed E-state index contributed by atoms with van der Waals surface area (Å²) in [4.78, 5) is 35.2. The predicted molar refractivity (Wildman–Crippen MR) is 90.9 cm³/mol. The molecule has 0 aliphatic carbocycles. The smallest absolute Gasteiger partial charge is 0.263 e. The summed E-state index contributed by atoms with van der Waals surface area (Å²) < 4.78 is 3.30. The number of carbonyl (C=O) groups is 1. The number of piperidine rings is 1. The van der Waals surface area contributed by atoms with Gasteiger partial charge in [-0.1, -0.05) is 0 Å². The monoisotopic (exact) mass is 338 g/mol. The Bertz CT molecular complexity index is 941. The van der Waals surface area contributed by atoms with Gasteiger partial charge in [-0.05, 0) is 31.0 Å². The number of hydrogen-bond acceptors (Lipinski definition) is 5. The van der Waals surface area contributed by atoms with E-state index >= 15 is 0 Å². The maximum Gasteiger partial charge on any atom is 0.263 e. The highest BCUT2D eigenvalue weighted by Crippen LogP contribution is 2.21. The van der Waals surface area contributed by atoms with Gasteiger partial charge in [0.2, 0.25) is 5.91 Å². The molecule has 8 heteroatoms. The van der Waals surface area contributed by atoms with Gasteiger partial charge in [-0.3, -0.25) is 18.8 Å². The third kappa shape index (κ3) is 3.02. The second-order valence-electron chi connectivity index (χ2n) is 6.15. The van der Waals surface area contributed by atoms with Crippen molar-refractivity contribution in [2.45, 2.75) is 25.4 Å². The van der Waals surface area contributed by atoms with E-state index in [9.17, 15) is 9.59 Å². The molecular weight excluding hydrogens is 320 g/mol. The van der Waals surface area contributed by atoms with Crippen molar-refractivity contribution in [2.75, 3.05) is 13.1 Å². The molecule has 0 spiro atoms. The SMILES string of the molecule is O=C(Cn1cccn1)N1CCC(n2cnc3ncccc3c2=O)CC1. The van der Waals surface area contributed by atoms with Crippen molar-refractivity contribution in [1.82, 2.24) is 29.2 Å². The van der Waals surface area contributed by atoms with Gasteiger partial charge in [0.05, 0.1) is 5.39 Å². The zero-order valence-electron chi connectivity index (χ0n) is 13.7. The van der Waals surface area contributed by atoms with Gasteiger partial charge in [0.25, 0.3) is 5.56 Å². The predicted octanol–water partition coefficient (Wildman–Crippen LogP) is 0.852. The Hall–Kier alpha value is -3.03. The summed E-state index contributed by atoms with van der Waals surface area (Å²) in [6.45, 7) is 1.51. The molecular formula is C17H18N6O2. The number of carbonyl (C=O) groups excluding carboxylic acids is 1. The van der Waals surface area contributed by atoms with Crippen LogP contribution in [-0.2, 0) is 11.3 Å². The molecule has 3 aromatic rings. The van der Waals surface area contributed by atoms with Gasteiger partial charge < -0.3 is 4.90 Å². The molecule has 4 rings (SSSR count). The van der Waals surface area contributed by atoms with E-state index < -0.39 is 0 Å². The van der Waals surface area contributed by atoms with Crippen LogP contribution in [0.4, 0.5) is 0 Å². The molecule has 4 heterocycles. The lowest BCUT2D eigenvalue weighted by atomic mass is 10.0. The van der Waals surface area contributed by atoms with E-state index in [1.165, 1.54) is 0 Å². The molecule has 1 fully saturated rings. The van der Waals surface area contributed by atoms with Crippen LogP contribution in [0.2, 0.25) is 0 Å². The number of likely N-dealkylation sites (tertiary alicyclic amines) is 1. The topological polar surface area (TPSA) is 85.9 Å². The van der Waals surface area contributed by atoms with Gasteiger partial charge >= 0.3 is 0 Å². The van der Waals surface area contributed by atoms with E-state index in [0.29, 0.717) is 24.1 Å². The Kier molecular flexibility index (Phi) is 4.01. The summed E-state index contributed by atoms with van der Waals surface area (Å²) in [6.07, 6.45) is 8.11. The summed E-state index contributed by atoms with van der Waals surface area (Å²) in [7, 11) is 0. The van der Waals surface area contributed by atoms with Crippen molar-refractivity contribution in [1.29, 1.82) is 0 Å². The minimum atomic E-state index is -0.0700. The van der Waals surface area contributed by atoms with Crippen molar-refractivity contribution >= 4 is 16.9 Å². The highest BCUT2D eigenvalue weighted by molar-refractivity contribution is 5.76. The van der Waals surface area contributed by atoms with Crippen LogP contribution in [0, 0.1) is 0 Å². The Balaban J connectivity index is 1.46.